The average Bonchev–Trinajstić information content (AvgIpc) is 3.28. The lowest BCUT2D eigenvalue weighted by molar-refractivity contribution is -0.390. The molecule has 6 aliphatic rings. The number of aliphatic hydroxyl groups is 1. The third kappa shape index (κ3) is 3.02. The summed E-state index contributed by atoms with van der Waals surface area (Å²) in [4.78, 5) is 52.0. The van der Waals surface area contributed by atoms with Gasteiger partial charge in [-0.3, -0.25) is 14.4 Å². The first kappa shape index (κ1) is 27.1. The standard InChI is InChI=1S/C32H42O7/c1-14(2)19-11-20-17(5)25-26-27(35)24-15(3)13-31(36)23(29(7,8)38-39-31)12-21(24)30(26,9)32(20,16(4)10-22(19)34)28(25)37-18(6)33/h12,14-16,19,25-26,28,36H,10-11,13H2,1-9H3/t15-,16-,19+,25+,26+,28+,30-,31-,32+/m1/s1. The monoisotopic (exact) mass is 538 g/mol. The van der Waals surface area contributed by atoms with Crippen LogP contribution in [0, 0.1) is 46.3 Å². The van der Waals surface area contributed by atoms with Gasteiger partial charge < -0.3 is 9.84 Å². The van der Waals surface area contributed by atoms with Crippen molar-refractivity contribution in [1.29, 1.82) is 0 Å². The molecule has 1 spiro atoms. The van der Waals surface area contributed by atoms with Crippen LogP contribution in [0.4, 0.5) is 0 Å². The summed E-state index contributed by atoms with van der Waals surface area (Å²) in [5.41, 5.74) is 2.21. The van der Waals surface area contributed by atoms with E-state index < -0.39 is 34.2 Å². The van der Waals surface area contributed by atoms with Crippen LogP contribution in [0.1, 0.15) is 81.6 Å². The minimum Gasteiger partial charge on any atom is -0.461 e. The third-order valence-electron chi connectivity index (χ3n) is 11.5. The Morgan fingerprint density at radius 3 is 2.41 bits per heavy atom. The van der Waals surface area contributed by atoms with Crippen molar-refractivity contribution in [2.24, 2.45) is 46.3 Å². The minimum atomic E-state index is -1.63. The van der Waals surface area contributed by atoms with Crippen LogP contribution < -0.4 is 0 Å². The smallest absolute Gasteiger partial charge is 0.302 e. The molecule has 1 N–H and O–H groups in total. The molecule has 0 unspecified atom stereocenters. The van der Waals surface area contributed by atoms with Crippen molar-refractivity contribution in [3.05, 3.63) is 33.9 Å². The Morgan fingerprint density at radius 1 is 1.13 bits per heavy atom. The molecule has 7 heteroatoms. The number of carbonyl (C=O) groups is 3. The molecule has 2 saturated carbocycles. The van der Waals surface area contributed by atoms with Crippen LogP contribution in [0.25, 0.3) is 0 Å². The van der Waals surface area contributed by atoms with Gasteiger partial charge in [0.2, 0.25) is 5.79 Å². The second-order valence-corrected chi connectivity index (χ2v) is 14.2. The molecule has 2 bridgehead atoms. The molecular formula is C32H42O7. The number of ketones is 2. The number of rotatable bonds is 2. The molecule has 0 radical (unpaired) electrons. The molecule has 0 aromatic heterocycles. The first-order valence-electron chi connectivity index (χ1n) is 14.5. The number of Topliss-reactive ketones (excluding diaryl/α,β-unsaturated/α-hetero) is 2. The van der Waals surface area contributed by atoms with Crippen LogP contribution in [0.2, 0.25) is 0 Å². The average molecular weight is 539 g/mol. The van der Waals surface area contributed by atoms with Crippen molar-refractivity contribution in [1.82, 2.24) is 0 Å². The maximum absolute atomic E-state index is 14.6. The van der Waals surface area contributed by atoms with E-state index in [1.54, 1.807) is 0 Å². The summed E-state index contributed by atoms with van der Waals surface area (Å²) in [6, 6.07) is 0. The van der Waals surface area contributed by atoms with Gasteiger partial charge >= 0.3 is 5.97 Å². The summed E-state index contributed by atoms with van der Waals surface area (Å²) in [6.07, 6.45) is 2.65. The lowest BCUT2D eigenvalue weighted by Crippen LogP contribution is -2.51. The van der Waals surface area contributed by atoms with Gasteiger partial charge in [-0.1, -0.05) is 51.8 Å². The first-order valence-corrected chi connectivity index (χ1v) is 14.5. The van der Waals surface area contributed by atoms with Gasteiger partial charge in [-0.15, -0.1) is 0 Å². The molecule has 0 amide bonds. The number of ether oxygens (including phenoxy) is 1. The number of hydrogen-bond donors (Lipinski definition) is 1. The summed E-state index contributed by atoms with van der Waals surface area (Å²) in [7, 11) is 0. The van der Waals surface area contributed by atoms with Gasteiger partial charge in [0.05, 0.1) is 0 Å². The van der Waals surface area contributed by atoms with Crippen molar-refractivity contribution in [3.8, 4) is 0 Å². The van der Waals surface area contributed by atoms with Crippen LogP contribution >= 0.6 is 0 Å². The minimum absolute atomic E-state index is 0.0692. The Hall–Kier alpha value is -2.09. The molecule has 1 aliphatic heterocycles. The molecular weight excluding hydrogens is 496 g/mol. The number of allylic oxidation sites excluding steroid dienone is 3. The zero-order chi connectivity index (χ0) is 28.6. The van der Waals surface area contributed by atoms with E-state index in [9.17, 15) is 19.5 Å². The second kappa shape index (κ2) is 8.01. The largest absolute Gasteiger partial charge is 0.461 e. The summed E-state index contributed by atoms with van der Waals surface area (Å²) < 4.78 is 6.23. The van der Waals surface area contributed by atoms with E-state index in [4.69, 9.17) is 14.5 Å². The van der Waals surface area contributed by atoms with E-state index in [1.807, 2.05) is 26.8 Å². The van der Waals surface area contributed by atoms with Crippen molar-refractivity contribution in [2.45, 2.75) is 99.1 Å². The molecule has 39 heavy (non-hydrogen) atoms. The van der Waals surface area contributed by atoms with Gasteiger partial charge in [0.15, 0.2) is 5.78 Å². The fraction of sp³-hybridized carbons (Fsp3) is 0.719. The molecule has 5 aliphatic carbocycles. The number of fused-ring (bicyclic) bond motifs is 5. The molecule has 1 heterocycles. The lowest BCUT2D eigenvalue weighted by Gasteiger charge is -2.52. The number of esters is 1. The fourth-order valence-electron chi connectivity index (χ4n) is 10.1. The summed E-state index contributed by atoms with van der Waals surface area (Å²) in [5.74, 6) is -2.70. The predicted octanol–water partition coefficient (Wildman–Crippen LogP) is 5.03. The predicted molar refractivity (Wildman–Crippen MR) is 143 cm³/mol. The van der Waals surface area contributed by atoms with Gasteiger partial charge in [0.1, 0.15) is 17.5 Å². The van der Waals surface area contributed by atoms with Gasteiger partial charge in [0, 0.05) is 59.5 Å². The van der Waals surface area contributed by atoms with Gasteiger partial charge in [-0.05, 0) is 50.5 Å². The summed E-state index contributed by atoms with van der Waals surface area (Å²) >= 11 is 0. The van der Waals surface area contributed by atoms with Gasteiger partial charge in [-0.25, -0.2) is 4.89 Å². The topological polar surface area (TPSA) is 99.1 Å². The van der Waals surface area contributed by atoms with Crippen LogP contribution in [0.3, 0.4) is 0 Å². The number of hydrogen-bond acceptors (Lipinski definition) is 7. The maximum Gasteiger partial charge on any atom is 0.302 e. The van der Waals surface area contributed by atoms with Gasteiger partial charge in [0.25, 0.3) is 0 Å². The zero-order valence-corrected chi connectivity index (χ0v) is 24.6. The Labute approximate surface area is 230 Å². The van der Waals surface area contributed by atoms with Crippen molar-refractivity contribution >= 4 is 17.5 Å². The fourth-order valence-corrected chi connectivity index (χ4v) is 10.1. The molecule has 9 atom stereocenters. The Bertz CT molecular complexity index is 1300. The van der Waals surface area contributed by atoms with E-state index in [0.29, 0.717) is 18.4 Å². The van der Waals surface area contributed by atoms with E-state index in [2.05, 4.69) is 34.6 Å². The van der Waals surface area contributed by atoms with Crippen LogP contribution in [-0.2, 0) is 28.9 Å². The van der Waals surface area contributed by atoms with Crippen LogP contribution in [0.15, 0.2) is 33.9 Å². The van der Waals surface area contributed by atoms with E-state index >= 15 is 0 Å². The van der Waals surface area contributed by atoms with Crippen LogP contribution in [-0.4, -0.2) is 40.1 Å². The lowest BCUT2D eigenvalue weighted by atomic mass is 9.51. The quantitative estimate of drug-likeness (QED) is 0.299. The Kier molecular flexibility index (Phi) is 5.57. The van der Waals surface area contributed by atoms with Gasteiger partial charge in [-0.2, -0.15) is 4.89 Å². The first-order chi connectivity index (χ1) is 18.0. The van der Waals surface area contributed by atoms with Crippen molar-refractivity contribution in [2.75, 3.05) is 0 Å². The second-order valence-electron chi connectivity index (χ2n) is 14.2. The highest BCUT2D eigenvalue weighted by atomic mass is 17.2. The summed E-state index contributed by atoms with van der Waals surface area (Å²) in [6.45, 7) is 17.7. The molecule has 6 rings (SSSR count). The highest BCUT2D eigenvalue weighted by Gasteiger charge is 2.80. The Morgan fingerprint density at radius 2 is 1.79 bits per heavy atom. The highest BCUT2D eigenvalue weighted by Crippen LogP contribution is 2.79. The Balaban J connectivity index is 1.66. The zero-order valence-electron chi connectivity index (χ0n) is 24.6. The SMILES string of the molecule is CC(=O)O[C@H]1[C@H]2C(C)=C3C[C@@H](C(C)C)C(=O)C[C@@H](C)[C@]31[C@]1(C)C3=C(C(=O)[C@H]21)[C@H](C)C[C@@]1(O)OOC(C)(C)C1=C3. The molecule has 212 valence electrons. The molecule has 0 aromatic rings. The van der Waals surface area contributed by atoms with E-state index in [-0.39, 0.29) is 53.5 Å². The molecule has 0 aromatic carbocycles. The summed E-state index contributed by atoms with van der Waals surface area (Å²) in [5, 5.41) is 11.6. The van der Waals surface area contributed by atoms with Crippen LogP contribution in [0.5, 0.6) is 0 Å². The molecule has 7 nitrogen and oxygen atoms in total. The third-order valence-corrected chi connectivity index (χ3v) is 11.5. The molecule has 3 fully saturated rings. The van der Waals surface area contributed by atoms with E-state index in [0.717, 1.165) is 16.7 Å². The van der Waals surface area contributed by atoms with Crippen molar-refractivity contribution < 1.29 is 34.0 Å². The van der Waals surface area contributed by atoms with Crippen molar-refractivity contribution in [3.63, 3.8) is 0 Å². The number of carbonyl (C=O) groups excluding carboxylic acids is 3. The molecule has 1 saturated heterocycles. The normalized spacial score (nSPS) is 46.1. The van der Waals surface area contributed by atoms with E-state index in [1.165, 1.54) is 12.5 Å². The highest BCUT2D eigenvalue weighted by molar-refractivity contribution is 6.05. The maximum atomic E-state index is 14.6.